The summed E-state index contributed by atoms with van der Waals surface area (Å²) in [5.41, 5.74) is 2.05. The van der Waals surface area contributed by atoms with Crippen LogP contribution in [0.4, 0.5) is 0 Å². The van der Waals surface area contributed by atoms with Crippen molar-refractivity contribution < 1.29 is 9.84 Å². The highest BCUT2D eigenvalue weighted by Crippen LogP contribution is 2.25. The smallest absolute Gasteiger partial charge is 0.138 e. The number of nitrogens with zero attached hydrogens (tertiary/aromatic N) is 3. The van der Waals surface area contributed by atoms with Gasteiger partial charge < -0.3 is 9.84 Å². The van der Waals surface area contributed by atoms with Gasteiger partial charge in [-0.2, -0.15) is 5.10 Å². The van der Waals surface area contributed by atoms with Gasteiger partial charge in [-0.3, -0.25) is 0 Å². The Morgan fingerprint density at radius 1 is 1.33 bits per heavy atom. The van der Waals surface area contributed by atoms with Crippen LogP contribution in [0.25, 0.3) is 11.8 Å². The van der Waals surface area contributed by atoms with E-state index in [9.17, 15) is 5.11 Å². The molecule has 0 amide bonds. The number of aliphatic hydroxyl groups is 1. The predicted octanol–water partition coefficient (Wildman–Crippen LogP) is 2.37. The molecule has 21 heavy (non-hydrogen) atoms. The normalized spacial score (nSPS) is 14.2. The SMILES string of the molecule is COC(C)(C)C(O)C(=Cc1ccc(C)cc1)n1cncn1. The third-order valence-corrected chi connectivity index (χ3v) is 3.54. The second-order valence-electron chi connectivity index (χ2n) is 5.53. The molecule has 1 unspecified atom stereocenters. The molecule has 2 rings (SSSR count). The molecule has 5 heteroatoms. The molecule has 1 atom stereocenters. The van der Waals surface area contributed by atoms with Crippen LogP contribution < -0.4 is 0 Å². The summed E-state index contributed by atoms with van der Waals surface area (Å²) in [6.45, 7) is 5.70. The van der Waals surface area contributed by atoms with Crippen molar-refractivity contribution in [3.05, 3.63) is 48.0 Å². The Morgan fingerprint density at radius 3 is 2.52 bits per heavy atom. The summed E-state index contributed by atoms with van der Waals surface area (Å²) in [7, 11) is 1.58. The molecule has 0 fully saturated rings. The third-order valence-electron chi connectivity index (χ3n) is 3.54. The fourth-order valence-electron chi connectivity index (χ4n) is 1.91. The minimum absolute atomic E-state index is 0.614. The summed E-state index contributed by atoms with van der Waals surface area (Å²) in [6.07, 6.45) is 4.05. The molecule has 0 bridgehead atoms. The van der Waals surface area contributed by atoms with Crippen molar-refractivity contribution >= 4 is 11.8 Å². The van der Waals surface area contributed by atoms with Crippen molar-refractivity contribution in [1.29, 1.82) is 0 Å². The molecule has 5 nitrogen and oxygen atoms in total. The molecular formula is C16H21N3O2. The minimum Gasteiger partial charge on any atom is -0.384 e. The summed E-state index contributed by atoms with van der Waals surface area (Å²) in [5, 5.41) is 14.8. The maximum Gasteiger partial charge on any atom is 0.138 e. The number of aryl methyl sites for hydroxylation is 1. The van der Waals surface area contributed by atoms with Gasteiger partial charge >= 0.3 is 0 Å². The highest BCUT2D eigenvalue weighted by atomic mass is 16.5. The Morgan fingerprint density at radius 2 is 2.00 bits per heavy atom. The molecule has 0 aliphatic carbocycles. The average Bonchev–Trinajstić information content (AvgIpc) is 3.00. The largest absolute Gasteiger partial charge is 0.384 e. The first-order valence-corrected chi connectivity index (χ1v) is 6.80. The molecule has 0 saturated heterocycles. The van der Waals surface area contributed by atoms with Crippen LogP contribution in [0.5, 0.6) is 0 Å². The monoisotopic (exact) mass is 287 g/mol. The Balaban J connectivity index is 2.44. The number of rotatable bonds is 5. The number of aliphatic hydroxyl groups excluding tert-OH is 1. The van der Waals surface area contributed by atoms with Crippen molar-refractivity contribution in [2.24, 2.45) is 0 Å². The van der Waals surface area contributed by atoms with Gasteiger partial charge in [0, 0.05) is 7.11 Å². The maximum absolute atomic E-state index is 10.6. The Hall–Kier alpha value is -1.98. The van der Waals surface area contributed by atoms with Crippen LogP contribution in [0.3, 0.4) is 0 Å². The maximum atomic E-state index is 10.6. The molecule has 0 aliphatic heterocycles. The van der Waals surface area contributed by atoms with E-state index in [1.165, 1.54) is 11.9 Å². The fourth-order valence-corrected chi connectivity index (χ4v) is 1.91. The average molecular weight is 287 g/mol. The molecule has 1 heterocycles. The van der Waals surface area contributed by atoms with Crippen LogP contribution in [0, 0.1) is 6.92 Å². The predicted molar refractivity (Wildman–Crippen MR) is 82.5 cm³/mol. The van der Waals surface area contributed by atoms with Crippen LogP contribution in [-0.4, -0.2) is 38.7 Å². The molecule has 1 N–H and O–H groups in total. The Bertz CT molecular complexity index is 601. The summed E-state index contributed by atoms with van der Waals surface area (Å²) in [4.78, 5) is 3.95. The van der Waals surface area contributed by atoms with Crippen LogP contribution in [0.15, 0.2) is 36.9 Å². The standard InChI is InChI=1S/C16H21N3O2/c1-12-5-7-13(8-6-12)9-14(19-11-17-10-18-19)15(20)16(2,3)21-4/h5-11,15,20H,1-4H3. The molecule has 1 aromatic heterocycles. The van der Waals surface area contributed by atoms with E-state index in [0.717, 1.165) is 5.56 Å². The van der Waals surface area contributed by atoms with Gasteiger partial charge in [-0.05, 0) is 32.4 Å². The quantitative estimate of drug-likeness (QED) is 0.917. The molecule has 1 aromatic carbocycles. The van der Waals surface area contributed by atoms with Crippen LogP contribution in [0.1, 0.15) is 25.0 Å². The number of benzene rings is 1. The van der Waals surface area contributed by atoms with Crippen molar-refractivity contribution in [3.8, 4) is 0 Å². The van der Waals surface area contributed by atoms with Crippen molar-refractivity contribution in [2.45, 2.75) is 32.5 Å². The second kappa shape index (κ2) is 6.20. The van der Waals surface area contributed by atoms with E-state index in [0.29, 0.717) is 5.70 Å². The van der Waals surface area contributed by atoms with Gasteiger partial charge in [0.25, 0.3) is 0 Å². The highest BCUT2D eigenvalue weighted by Gasteiger charge is 2.32. The molecule has 0 aliphatic rings. The van der Waals surface area contributed by atoms with E-state index in [2.05, 4.69) is 10.1 Å². The lowest BCUT2D eigenvalue weighted by molar-refractivity contribution is -0.0539. The summed E-state index contributed by atoms with van der Waals surface area (Å²) in [6, 6.07) is 8.05. The summed E-state index contributed by atoms with van der Waals surface area (Å²) in [5.74, 6) is 0. The molecule has 2 aromatic rings. The fraction of sp³-hybridized carbons (Fsp3) is 0.375. The lowest BCUT2D eigenvalue weighted by Crippen LogP contribution is -2.40. The number of aromatic nitrogens is 3. The van der Waals surface area contributed by atoms with Crippen molar-refractivity contribution in [2.75, 3.05) is 7.11 Å². The van der Waals surface area contributed by atoms with Gasteiger partial charge in [0.2, 0.25) is 0 Å². The van der Waals surface area contributed by atoms with Gasteiger partial charge in [0.15, 0.2) is 0 Å². The number of hydrogen-bond acceptors (Lipinski definition) is 4. The molecular weight excluding hydrogens is 266 g/mol. The number of ether oxygens (including phenoxy) is 1. The van der Waals surface area contributed by atoms with Crippen LogP contribution in [-0.2, 0) is 4.74 Å². The minimum atomic E-state index is -0.842. The lowest BCUT2D eigenvalue weighted by atomic mass is 9.97. The van der Waals surface area contributed by atoms with E-state index in [4.69, 9.17) is 4.74 Å². The Labute approximate surface area is 124 Å². The van der Waals surface area contributed by atoms with Crippen molar-refractivity contribution in [1.82, 2.24) is 14.8 Å². The van der Waals surface area contributed by atoms with Gasteiger partial charge in [-0.15, -0.1) is 0 Å². The zero-order valence-corrected chi connectivity index (χ0v) is 12.8. The van der Waals surface area contributed by atoms with Gasteiger partial charge in [0.1, 0.15) is 18.8 Å². The topological polar surface area (TPSA) is 60.2 Å². The molecule has 0 saturated carbocycles. The third kappa shape index (κ3) is 3.56. The zero-order chi connectivity index (χ0) is 15.5. The van der Waals surface area contributed by atoms with Crippen LogP contribution >= 0.6 is 0 Å². The molecule has 0 radical (unpaired) electrons. The first-order valence-electron chi connectivity index (χ1n) is 6.80. The van der Waals surface area contributed by atoms with E-state index < -0.39 is 11.7 Å². The molecule has 0 spiro atoms. The van der Waals surface area contributed by atoms with E-state index in [1.807, 2.05) is 51.1 Å². The zero-order valence-electron chi connectivity index (χ0n) is 12.8. The van der Waals surface area contributed by atoms with E-state index in [1.54, 1.807) is 18.1 Å². The summed E-state index contributed by atoms with van der Waals surface area (Å²) < 4.78 is 6.94. The lowest BCUT2D eigenvalue weighted by Gasteiger charge is -2.30. The Kier molecular flexibility index (Phi) is 4.55. The van der Waals surface area contributed by atoms with Gasteiger partial charge in [-0.1, -0.05) is 29.8 Å². The number of hydrogen-bond donors (Lipinski definition) is 1. The number of methoxy groups -OCH3 is 1. The van der Waals surface area contributed by atoms with Gasteiger partial charge in [-0.25, -0.2) is 9.67 Å². The first kappa shape index (κ1) is 15.4. The van der Waals surface area contributed by atoms with Crippen molar-refractivity contribution in [3.63, 3.8) is 0 Å². The summed E-state index contributed by atoms with van der Waals surface area (Å²) >= 11 is 0. The highest BCUT2D eigenvalue weighted by molar-refractivity contribution is 5.73. The second-order valence-corrected chi connectivity index (χ2v) is 5.53. The van der Waals surface area contributed by atoms with E-state index >= 15 is 0 Å². The van der Waals surface area contributed by atoms with E-state index in [-0.39, 0.29) is 0 Å². The first-order chi connectivity index (χ1) is 9.94. The molecule has 112 valence electrons. The van der Waals surface area contributed by atoms with Crippen LogP contribution in [0.2, 0.25) is 0 Å². The van der Waals surface area contributed by atoms with Gasteiger partial charge in [0.05, 0.1) is 11.3 Å².